The predicted molar refractivity (Wildman–Crippen MR) is 99.4 cm³/mol. The maximum absolute atomic E-state index is 12.6. The number of aliphatic carboxylic acids is 1. The van der Waals surface area contributed by atoms with Crippen LogP contribution < -0.4 is 10.6 Å². The van der Waals surface area contributed by atoms with Crippen LogP contribution in [0.1, 0.15) is 45.4 Å². The van der Waals surface area contributed by atoms with Crippen LogP contribution in [0.15, 0.2) is 0 Å². The third-order valence-electron chi connectivity index (χ3n) is 4.34. The molecule has 10 heteroatoms. The van der Waals surface area contributed by atoms with Gasteiger partial charge in [0.2, 0.25) is 0 Å². The zero-order chi connectivity index (χ0) is 20.1. The number of likely N-dealkylation sites (tertiary alicyclic amines) is 1. The summed E-state index contributed by atoms with van der Waals surface area (Å²) in [5.41, 5.74) is 0.566. The molecule has 148 valence electrons. The van der Waals surface area contributed by atoms with Gasteiger partial charge in [-0.05, 0) is 32.3 Å². The first-order chi connectivity index (χ1) is 12.8. The number of carbonyl (C=O) groups excluding carboxylic acids is 3. The molecule has 3 N–H and O–H groups in total. The van der Waals surface area contributed by atoms with E-state index in [9.17, 15) is 19.2 Å². The van der Waals surface area contributed by atoms with Crippen LogP contribution in [-0.4, -0.2) is 60.6 Å². The molecule has 1 aromatic heterocycles. The minimum absolute atomic E-state index is 0.0998. The van der Waals surface area contributed by atoms with Gasteiger partial charge in [0.05, 0.1) is 23.0 Å². The van der Waals surface area contributed by atoms with E-state index in [2.05, 4.69) is 10.6 Å². The van der Waals surface area contributed by atoms with Gasteiger partial charge in [0.1, 0.15) is 5.00 Å². The molecule has 1 fully saturated rings. The summed E-state index contributed by atoms with van der Waals surface area (Å²) in [4.78, 5) is 49.9. The van der Waals surface area contributed by atoms with Gasteiger partial charge in [0, 0.05) is 20.1 Å². The van der Waals surface area contributed by atoms with Gasteiger partial charge < -0.3 is 20.1 Å². The number of nitrogens with one attached hydrogen (secondary N) is 2. The standard InChI is InChI=1S/C17H23N3O6S/c1-4-26-16(24)11-9(2)12(13(21)18-3)27-14(11)19-17(25)20-7-5-6-10(8-20)15(22)23/h10H,4-8H2,1-3H3,(H,18,21)(H,19,25)(H,22,23). The molecule has 2 rings (SSSR count). The number of nitrogens with zero attached hydrogens (tertiary/aromatic N) is 1. The van der Waals surface area contributed by atoms with Gasteiger partial charge >= 0.3 is 18.0 Å². The zero-order valence-electron chi connectivity index (χ0n) is 15.5. The largest absolute Gasteiger partial charge is 0.481 e. The van der Waals surface area contributed by atoms with Crippen LogP contribution in [0.4, 0.5) is 9.80 Å². The van der Waals surface area contributed by atoms with Gasteiger partial charge in [-0.15, -0.1) is 11.3 Å². The maximum Gasteiger partial charge on any atom is 0.341 e. The van der Waals surface area contributed by atoms with Gasteiger partial charge in [-0.3, -0.25) is 14.9 Å². The van der Waals surface area contributed by atoms with E-state index in [-0.39, 0.29) is 29.6 Å². The molecule has 0 aliphatic carbocycles. The number of ether oxygens (including phenoxy) is 1. The van der Waals surface area contributed by atoms with Gasteiger partial charge in [0.25, 0.3) is 5.91 Å². The van der Waals surface area contributed by atoms with Gasteiger partial charge in [0.15, 0.2) is 0 Å². The maximum atomic E-state index is 12.6. The average Bonchev–Trinajstić information content (AvgIpc) is 2.97. The van der Waals surface area contributed by atoms with Gasteiger partial charge in [-0.25, -0.2) is 9.59 Å². The number of thiophene rings is 1. The van der Waals surface area contributed by atoms with Crippen LogP contribution >= 0.6 is 11.3 Å². The average molecular weight is 397 g/mol. The number of amides is 3. The number of hydrogen-bond acceptors (Lipinski definition) is 6. The smallest absolute Gasteiger partial charge is 0.341 e. The van der Waals surface area contributed by atoms with E-state index in [4.69, 9.17) is 9.84 Å². The number of piperidine rings is 1. The number of carbonyl (C=O) groups is 4. The van der Waals surface area contributed by atoms with Crippen molar-refractivity contribution in [3.05, 3.63) is 16.0 Å². The first-order valence-corrected chi connectivity index (χ1v) is 9.43. The van der Waals surface area contributed by atoms with Gasteiger partial charge in [-0.1, -0.05) is 0 Å². The number of anilines is 1. The molecule has 0 bridgehead atoms. The molecular formula is C17H23N3O6S. The monoisotopic (exact) mass is 397 g/mol. The van der Waals surface area contributed by atoms with Crippen LogP contribution in [0.5, 0.6) is 0 Å². The Morgan fingerprint density at radius 2 is 2.04 bits per heavy atom. The topological polar surface area (TPSA) is 125 Å². The van der Waals surface area contributed by atoms with Crippen LogP contribution in [0.25, 0.3) is 0 Å². The molecule has 0 radical (unpaired) electrons. The molecule has 0 spiro atoms. The summed E-state index contributed by atoms with van der Waals surface area (Å²) in [7, 11) is 1.48. The van der Waals surface area contributed by atoms with Gasteiger partial charge in [-0.2, -0.15) is 0 Å². The first-order valence-electron chi connectivity index (χ1n) is 8.61. The second-order valence-electron chi connectivity index (χ2n) is 6.11. The molecule has 1 aliphatic heterocycles. The minimum atomic E-state index is -0.936. The van der Waals surface area contributed by atoms with Crippen LogP contribution in [0.2, 0.25) is 0 Å². The van der Waals surface area contributed by atoms with Crippen molar-refractivity contribution in [2.24, 2.45) is 5.92 Å². The fraction of sp³-hybridized carbons (Fsp3) is 0.529. The van der Waals surface area contributed by atoms with Crippen LogP contribution in [-0.2, 0) is 9.53 Å². The van der Waals surface area contributed by atoms with Crippen molar-refractivity contribution < 1.29 is 29.0 Å². The van der Waals surface area contributed by atoms with Crippen LogP contribution in [0.3, 0.4) is 0 Å². The Balaban J connectivity index is 2.28. The lowest BCUT2D eigenvalue weighted by Gasteiger charge is -2.30. The lowest BCUT2D eigenvalue weighted by atomic mass is 9.99. The summed E-state index contributed by atoms with van der Waals surface area (Å²) in [5, 5.41) is 14.5. The fourth-order valence-corrected chi connectivity index (χ4v) is 4.05. The minimum Gasteiger partial charge on any atom is -0.481 e. The molecule has 27 heavy (non-hydrogen) atoms. The summed E-state index contributed by atoms with van der Waals surface area (Å²) in [6, 6.07) is -0.504. The normalized spacial score (nSPS) is 16.6. The Morgan fingerprint density at radius 3 is 2.63 bits per heavy atom. The van der Waals surface area contributed by atoms with Crippen LogP contribution in [0, 0.1) is 12.8 Å². The predicted octanol–water partition coefficient (Wildman–Crippen LogP) is 1.92. The SMILES string of the molecule is CCOC(=O)c1c(NC(=O)N2CCCC(C(=O)O)C2)sc(C(=O)NC)c1C. The van der Waals surface area contributed by atoms with E-state index >= 15 is 0 Å². The Bertz CT molecular complexity index is 760. The van der Waals surface area contributed by atoms with E-state index in [0.717, 1.165) is 11.3 Å². The lowest BCUT2D eigenvalue weighted by molar-refractivity contribution is -0.143. The highest BCUT2D eigenvalue weighted by molar-refractivity contribution is 7.18. The summed E-state index contributed by atoms with van der Waals surface area (Å²) in [6.07, 6.45) is 1.11. The van der Waals surface area contributed by atoms with Crippen molar-refractivity contribution >= 4 is 40.2 Å². The first kappa shape index (κ1) is 20.7. The second-order valence-corrected chi connectivity index (χ2v) is 7.13. The summed E-state index contributed by atoms with van der Waals surface area (Å²) in [6.45, 7) is 3.96. The fourth-order valence-electron chi connectivity index (χ4n) is 2.92. The number of esters is 1. The third kappa shape index (κ3) is 4.57. The number of carboxylic acids is 1. The van der Waals surface area contributed by atoms with E-state index in [1.165, 1.54) is 11.9 Å². The molecule has 2 heterocycles. The third-order valence-corrected chi connectivity index (χ3v) is 5.54. The number of rotatable bonds is 5. The molecule has 1 aromatic rings. The van der Waals surface area contributed by atoms with Crippen molar-refractivity contribution in [2.75, 3.05) is 32.1 Å². The molecule has 0 aromatic carbocycles. The Hall–Kier alpha value is -2.62. The Morgan fingerprint density at radius 1 is 1.33 bits per heavy atom. The lowest BCUT2D eigenvalue weighted by Crippen LogP contribution is -2.44. The number of carboxylic acid groups (broad SMARTS) is 1. The van der Waals surface area contributed by atoms with Crippen molar-refractivity contribution in [1.82, 2.24) is 10.2 Å². The summed E-state index contributed by atoms with van der Waals surface area (Å²) in [5.74, 6) is -2.54. The van der Waals surface area contributed by atoms with E-state index < -0.39 is 23.9 Å². The Kier molecular flexibility index (Phi) is 6.78. The quantitative estimate of drug-likeness (QED) is 0.652. The highest BCUT2D eigenvalue weighted by Crippen LogP contribution is 2.34. The molecule has 1 atom stereocenters. The molecule has 1 saturated heterocycles. The number of hydrogen-bond donors (Lipinski definition) is 3. The highest BCUT2D eigenvalue weighted by Gasteiger charge is 2.31. The molecule has 0 saturated carbocycles. The molecule has 1 unspecified atom stereocenters. The Labute approximate surface area is 160 Å². The highest BCUT2D eigenvalue weighted by atomic mass is 32.1. The second kappa shape index (κ2) is 8.85. The summed E-state index contributed by atoms with van der Waals surface area (Å²) >= 11 is 0.985. The zero-order valence-corrected chi connectivity index (χ0v) is 16.3. The van der Waals surface area contributed by atoms with Crippen molar-refractivity contribution in [3.63, 3.8) is 0 Å². The molecular weight excluding hydrogens is 374 g/mol. The molecule has 1 aliphatic rings. The van der Waals surface area contributed by atoms with E-state index in [1.807, 2.05) is 0 Å². The van der Waals surface area contributed by atoms with Crippen molar-refractivity contribution in [1.29, 1.82) is 0 Å². The van der Waals surface area contributed by atoms with Crippen molar-refractivity contribution in [3.8, 4) is 0 Å². The molecule has 3 amide bonds. The number of urea groups is 1. The van der Waals surface area contributed by atoms with E-state index in [0.29, 0.717) is 29.8 Å². The molecule has 9 nitrogen and oxygen atoms in total. The van der Waals surface area contributed by atoms with E-state index in [1.54, 1.807) is 13.8 Å². The van der Waals surface area contributed by atoms with Crippen molar-refractivity contribution in [2.45, 2.75) is 26.7 Å². The summed E-state index contributed by atoms with van der Waals surface area (Å²) < 4.78 is 5.05.